The molecule has 7 heteroatoms. The first-order valence-corrected chi connectivity index (χ1v) is 6.65. The molecule has 1 aromatic carbocycles. The number of nitrogen functional groups attached to an aromatic ring is 1. The van der Waals surface area contributed by atoms with E-state index in [-0.39, 0.29) is 24.1 Å². The Bertz CT molecular complexity index is 546. The molecule has 1 heterocycles. The Morgan fingerprint density at radius 1 is 1.48 bits per heavy atom. The van der Waals surface area contributed by atoms with E-state index in [1.165, 1.54) is 17.0 Å². The molecule has 0 saturated carbocycles. The highest BCUT2D eigenvalue weighted by Gasteiger charge is 2.38. The molecule has 0 aromatic heterocycles. The van der Waals surface area contributed by atoms with E-state index < -0.39 is 23.3 Å². The van der Waals surface area contributed by atoms with Crippen LogP contribution in [0, 0.1) is 5.92 Å². The summed E-state index contributed by atoms with van der Waals surface area (Å²) in [5.74, 6) is -0.465. The van der Waals surface area contributed by atoms with Crippen LogP contribution < -0.4 is 5.73 Å². The van der Waals surface area contributed by atoms with Gasteiger partial charge in [-0.2, -0.15) is 13.2 Å². The van der Waals surface area contributed by atoms with Crippen molar-refractivity contribution in [2.75, 3.05) is 18.9 Å². The summed E-state index contributed by atoms with van der Waals surface area (Å²) in [5.41, 5.74) is 3.78. The molecular formula is C14H17F3N2O2. The van der Waals surface area contributed by atoms with Crippen LogP contribution >= 0.6 is 0 Å². The zero-order valence-corrected chi connectivity index (χ0v) is 11.5. The van der Waals surface area contributed by atoms with Gasteiger partial charge in [0.1, 0.15) is 0 Å². The van der Waals surface area contributed by atoms with Crippen molar-refractivity contribution in [3.63, 3.8) is 0 Å². The SMILES string of the molecule is CC1CCN(C(=O)c2cccc(C(F)(F)F)c2N)C1CO. The first-order chi connectivity index (χ1) is 9.77. The maximum atomic E-state index is 12.8. The molecule has 1 fully saturated rings. The monoisotopic (exact) mass is 302 g/mol. The third kappa shape index (κ3) is 2.83. The quantitative estimate of drug-likeness (QED) is 0.823. The van der Waals surface area contributed by atoms with Crippen molar-refractivity contribution in [1.82, 2.24) is 4.90 Å². The smallest absolute Gasteiger partial charge is 0.398 e. The largest absolute Gasteiger partial charge is 0.418 e. The predicted molar refractivity (Wildman–Crippen MR) is 71.5 cm³/mol. The number of aliphatic hydroxyl groups is 1. The molecule has 1 aromatic rings. The highest BCUT2D eigenvalue weighted by Crippen LogP contribution is 2.36. The van der Waals surface area contributed by atoms with Crippen molar-refractivity contribution in [2.45, 2.75) is 25.6 Å². The minimum atomic E-state index is -4.60. The number of nitrogens with two attached hydrogens (primary N) is 1. The second-order valence-electron chi connectivity index (χ2n) is 5.28. The number of carbonyl (C=O) groups is 1. The summed E-state index contributed by atoms with van der Waals surface area (Å²) in [7, 11) is 0. The van der Waals surface area contributed by atoms with Gasteiger partial charge in [-0.25, -0.2) is 0 Å². The topological polar surface area (TPSA) is 66.6 Å². The number of rotatable bonds is 2. The average molecular weight is 302 g/mol. The maximum Gasteiger partial charge on any atom is 0.418 e. The van der Waals surface area contributed by atoms with Crippen LogP contribution in [0.1, 0.15) is 29.3 Å². The van der Waals surface area contributed by atoms with Crippen LogP contribution in [0.15, 0.2) is 18.2 Å². The van der Waals surface area contributed by atoms with Crippen molar-refractivity contribution in [3.8, 4) is 0 Å². The maximum absolute atomic E-state index is 12.8. The van der Waals surface area contributed by atoms with E-state index in [0.29, 0.717) is 13.0 Å². The van der Waals surface area contributed by atoms with E-state index in [4.69, 9.17) is 5.73 Å². The number of anilines is 1. The second-order valence-corrected chi connectivity index (χ2v) is 5.28. The van der Waals surface area contributed by atoms with E-state index in [9.17, 15) is 23.1 Å². The van der Waals surface area contributed by atoms with Crippen LogP contribution in [-0.2, 0) is 6.18 Å². The van der Waals surface area contributed by atoms with Gasteiger partial charge in [-0.3, -0.25) is 4.79 Å². The number of hydrogen-bond acceptors (Lipinski definition) is 3. The van der Waals surface area contributed by atoms with Crippen molar-refractivity contribution in [3.05, 3.63) is 29.3 Å². The summed E-state index contributed by atoms with van der Waals surface area (Å²) in [6.45, 7) is 2.08. The number of aliphatic hydroxyl groups excluding tert-OH is 1. The minimum absolute atomic E-state index is 0.103. The molecule has 1 amide bonds. The Kier molecular flexibility index (Phi) is 4.13. The first-order valence-electron chi connectivity index (χ1n) is 6.65. The standard InChI is InChI=1S/C14H17F3N2O2/c1-8-5-6-19(11(8)7-20)13(21)9-3-2-4-10(12(9)18)14(15,16)17/h2-4,8,11,20H,5-7,18H2,1H3. The number of carbonyl (C=O) groups excluding carboxylic acids is 1. The summed E-state index contributed by atoms with van der Waals surface area (Å²) in [4.78, 5) is 13.8. The number of hydrogen-bond donors (Lipinski definition) is 2. The lowest BCUT2D eigenvalue weighted by Crippen LogP contribution is -2.40. The molecular weight excluding hydrogens is 285 g/mol. The lowest BCUT2D eigenvalue weighted by atomic mass is 10.0. The molecule has 1 saturated heterocycles. The van der Waals surface area contributed by atoms with Gasteiger partial charge in [-0.05, 0) is 24.5 Å². The summed E-state index contributed by atoms with van der Waals surface area (Å²) in [6.07, 6.45) is -3.90. The lowest BCUT2D eigenvalue weighted by molar-refractivity contribution is -0.136. The molecule has 0 bridgehead atoms. The molecule has 1 aliphatic rings. The Labute approximate surface area is 120 Å². The zero-order valence-electron chi connectivity index (χ0n) is 11.5. The number of alkyl halides is 3. The fourth-order valence-electron chi connectivity index (χ4n) is 2.69. The predicted octanol–water partition coefficient (Wildman–Crippen LogP) is 2.13. The van der Waals surface area contributed by atoms with E-state index in [2.05, 4.69) is 0 Å². The normalized spacial score (nSPS) is 22.6. The number of benzene rings is 1. The summed E-state index contributed by atoms with van der Waals surface area (Å²) < 4.78 is 38.5. The second kappa shape index (κ2) is 5.55. The molecule has 1 aliphatic heterocycles. The van der Waals surface area contributed by atoms with Crippen LogP contribution in [-0.4, -0.2) is 35.1 Å². The highest BCUT2D eigenvalue weighted by molar-refractivity contribution is 6.00. The Morgan fingerprint density at radius 3 is 2.71 bits per heavy atom. The molecule has 4 nitrogen and oxygen atoms in total. The summed E-state index contributed by atoms with van der Waals surface area (Å²) in [5, 5.41) is 9.35. The molecule has 2 atom stereocenters. The lowest BCUT2D eigenvalue weighted by Gasteiger charge is -2.26. The van der Waals surface area contributed by atoms with E-state index in [1.807, 2.05) is 6.92 Å². The van der Waals surface area contributed by atoms with Crippen LogP contribution in [0.25, 0.3) is 0 Å². The Balaban J connectivity index is 2.37. The van der Waals surface area contributed by atoms with Crippen LogP contribution in [0.3, 0.4) is 0 Å². The van der Waals surface area contributed by atoms with E-state index in [1.54, 1.807) is 0 Å². The molecule has 0 aliphatic carbocycles. The fraction of sp³-hybridized carbons (Fsp3) is 0.500. The average Bonchev–Trinajstić information content (AvgIpc) is 2.78. The van der Waals surface area contributed by atoms with Gasteiger partial charge in [0.05, 0.1) is 29.5 Å². The van der Waals surface area contributed by atoms with Gasteiger partial charge in [-0.1, -0.05) is 13.0 Å². The summed E-state index contributed by atoms with van der Waals surface area (Å²) in [6, 6.07) is 2.92. The highest BCUT2D eigenvalue weighted by atomic mass is 19.4. The minimum Gasteiger partial charge on any atom is -0.398 e. The van der Waals surface area contributed by atoms with Crippen molar-refractivity contribution in [1.29, 1.82) is 0 Å². The molecule has 3 N–H and O–H groups in total. The summed E-state index contributed by atoms with van der Waals surface area (Å²) >= 11 is 0. The Morgan fingerprint density at radius 2 is 2.14 bits per heavy atom. The third-order valence-corrected chi connectivity index (χ3v) is 3.97. The number of likely N-dealkylation sites (tertiary alicyclic amines) is 1. The van der Waals surface area contributed by atoms with Crippen LogP contribution in [0.2, 0.25) is 0 Å². The van der Waals surface area contributed by atoms with Crippen molar-refractivity contribution in [2.24, 2.45) is 5.92 Å². The van der Waals surface area contributed by atoms with E-state index in [0.717, 1.165) is 6.07 Å². The molecule has 2 unspecified atom stereocenters. The van der Waals surface area contributed by atoms with Crippen LogP contribution in [0.4, 0.5) is 18.9 Å². The molecule has 2 rings (SSSR count). The number of para-hydroxylation sites is 1. The number of amides is 1. The number of halogens is 3. The molecule has 0 radical (unpaired) electrons. The van der Waals surface area contributed by atoms with Gasteiger partial charge in [-0.15, -0.1) is 0 Å². The third-order valence-electron chi connectivity index (χ3n) is 3.97. The Hall–Kier alpha value is -1.76. The van der Waals surface area contributed by atoms with E-state index >= 15 is 0 Å². The molecule has 0 spiro atoms. The van der Waals surface area contributed by atoms with Crippen LogP contribution in [0.5, 0.6) is 0 Å². The van der Waals surface area contributed by atoms with Gasteiger partial charge < -0.3 is 15.7 Å². The zero-order chi connectivity index (χ0) is 15.8. The van der Waals surface area contributed by atoms with Crippen molar-refractivity contribution >= 4 is 11.6 Å². The van der Waals surface area contributed by atoms with Crippen molar-refractivity contribution < 1.29 is 23.1 Å². The van der Waals surface area contributed by atoms with Gasteiger partial charge >= 0.3 is 6.18 Å². The van der Waals surface area contributed by atoms with Gasteiger partial charge in [0, 0.05) is 6.54 Å². The molecule has 116 valence electrons. The fourth-order valence-corrected chi connectivity index (χ4v) is 2.69. The van der Waals surface area contributed by atoms with Gasteiger partial charge in [0.2, 0.25) is 0 Å². The molecule has 21 heavy (non-hydrogen) atoms. The first kappa shape index (κ1) is 15.6. The van der Waals surface area contributed by atoms with Gasteiger partial charge in [0.25, 0.3) is 5.91 Å². The van der Waals surface area contributed by atoms with Gasteiger partial charge in [0.15, 0.2) is 0 Å². The number of nitrogens with zero attached hydrogens (tertiary/aromatic N) is 1.